The predicted octanol–water partition coefficient (Wildman–Crippen LogP) is 11.7. The maximum atomic E-state index is 6.72. The number of unbranched alkanes of at least 4 members (excludes halogenated alkanes) is 18. The van der Waals surface area contributed by atoms with Crippen LogP contribution in [0.15, 0.2) is 53.6 Å². The first-order valence-corrected chi connectivity index (χ1v) is 21.2. The second kappa shape index (κ2) is 34.2. The molecule has 1 aliphatic rings. The van der Waals surface area contributed by atoms with Crippen LogP contribution in [-0.4, -0.2) is 56.0 Å². The predicted molar refractivity (Wildman–Crippen MR) is 220 cm³/mol. The van der Waals surface area contributed by atoms with E-state index >= 15 is 0 Å². The fraction of sp³-hybridized carbons (Fsp3) is 0.795. The molecule has 0 bridgehead atoms. The molecule has 0 spiro atoms. The summed E-state index contributed by atoms with van der Waals surface area (Å²) in [7, 11) is 2.11. The molecule has 0 amide bonds. The third-order valence-electron chi connectivity index (χ3n) is 9.72. The molecule has 0 aromatic heterocycles. The number of allylic oxidation sites excluding steroid dienone is 8. The highest BCUT2D eigenvalue weighted by Gasteiger charge is 2.40. The van der Waals surface area contributed by atoms with Gasteiger partial charge < -0.3 is 25.8 Å². The van der Waals surface area contributed by atoms with E-state index in [1.165, 1.54) is 141 Å². The molecule has 6 heteroatoms. The molecular formula is C44H82N4O2. The molecule has 0 saturated carbocycles. The van der Waals surface area contributed by atoms with E-state index in [-0.39, 0.29) is 12.1 Å². The molecule has 1 rings (SSSR count). The van der Waals surface area contributed by atoms with E-state index < -0.39 is 5.79 Å². The molecule has 4 N–H and O–H groups in total. The Kier molecular flexibility index (Phi) is 31.6. The molecule has 0 aliphatic carbocycles. The average molecular weight is 699 g/mol. The van der Waals surface area contributed by atoms with Gasteiger partial charge in [-0.1, -0.05) is 140 Å². The highest BCUT2D eigenvalue weighted by molar-refractivity contribution is 5.75. The normalized spacial score (nSPS) is 16.4. The first-order chi connectivity index (χ1) is 24.5. The van der Waals surface area contributed by atoms with Gasteiger partial charge in [-0.3, -0.25) is 4.99 Å². The zero-order valence-electron chi connectivity index (χ0n) is 33.3. The fourth-order valence-corrected chi connectivity index (χ4v) is 6.65. The van der Waals surface area contributed by atoms with Gasteiger partial charge in [0, 0.05) is 25.9 Å². The van der Waals surface area contributed by atoms with Gasteiger partial charge in [0.05, 0.1) is 19.3 Å². The van der Waals surface area contributed by atoms with Gasteiger partial charge in [-0.25, -0.2) is 0 Å². The van der Waals surface area contributed by atoms with E-state index in [4.69, 9.17) is 20.9 Å². The van der Waals surface area contributed by atoms with Crippen molar-refractivity contribution in [1.82, 2.24) is 4.90 Å². The number of aliphatic imine (C=N–C) groups is 1. The summed E-state index contributed by atoms with van der Waals surface area (Å²) >= 11 is 0. The standard InChI is InChI=1S/C44H82N4O2/c1-4-6-8-10-12-14-16-18-20-22-24-26-28-30-32-34-36-44(49-41-42(50-44)40-48(3)39-38-47-43(45)46)37-35-33-31-29-27-25-23-21-19-17-15-13-11-9-7-5-2/h12-15,18-21,42H,4-11,16-17,22-41H2,1-3H3,(H4,45,46,47)/b14-12-,15-13-,20-18-,21-19-. The lowest BCUT2D eigenvalue weighted by atomic mass is 9.98. The van der Waals surface area contributed by atoms with Crippen LogP contribution in [0.3, 0.4) is 0 Å². The lowest BCUT2D eigenvalue weighted by Gasteiger charge is -2.29. The van der Waals surface area contributed by atoms with E-state index in [0.717, 1.165) is 38.8 Å². The number of hydrogen-bond donors (Lipinski definition) is 2. The van der Waals surface area contributed by atoms with Gasteiger partial charge in [0.15, 0.2) is 11.7 Å². The molecular weight excluding hydrogens is 617 g/mol. The summed E-state index contributed by atoms with van der Waals surface area (Å²) in [5.41, 5.74) is 11.0. The second-order valence-corrected chi connectivity index (χ2v) is 14.7. The Balaban J connectivity index is 2.29. The first kappa shape index (κ1) is 46.1. The van der Waals surface area contributed by atoms with Gasteiger partial charge in [0.2, 0.25) is 0 Å². The number of likely N-dealkylation sites (N-methyl/N-ethyl adjacent to an activating group) is 1. The van der Waals surface area contributed by atoms with E-state index in [0.29, 0.717) is 13.2 Å². The molecule has 50 heavy (non-hydrogen) atoms. The van der Waals surface area contributed by atoms with Crippen LogP contribution in [0.2, 0.25) is 0 Å². The molecule has 0 aromatic carbocycles. The average Bonchev–Trinajstić information content (AvgIpc) is 3.49. The first-order valence-electron chi connectivity index (χ1n) is 21.2. The maximum absolute atomic E-state index is 6.72. The SMILES string of the molecule is CCCCC/C=C\C/C=C\CCCCCCCCC1(CCCCCCCC/C=C\C/C=C\CCCCC)OCC(CN(C)CCN=C(N)N)O1. The number of nitrogens with zero attached hydrogens (tertiary/aromatic N) is 2. The number of nitrogens with two attached hydrogens (primary N) is 2. The van der Waals surface area contributed by atoms with Crippen molar-refractivity contribution in [2.24, 2.45) is 16.5 Å². The van der Waals surface area contributed by atoms with Crippen molar-refractivity contribution in [1.29, 1.82) is 0 Å². The van der Waals surface area contributed by atoms with Crippen molar-refractivity contribution >= 4 is 5.96 Å². The summed E-state index contributed by atoms with van der Waals surface area (Å²) in [6.07, 6.45) is 51.3. The quantitative estimate of drug-likeness (QED) is 0.0298. The van der Waals surface area contributed by atoms with Gasteiger partial charge in [0.1, 0.15) is 0 Å². The van der Waals surface area contributed by atoms with E-state index in [1.807, 2.05) is 0 Å². The highest BCUT2D eigenvalue weighted by atomic mass is 16.7. The van der Waals surface area contributed by atoms with E-state index in [9.17, 15) is 0 Å². The molecule has 1 aliphatic heterocycles. The lowest BCUT2D eigenvalue weighted by molar-refractivity contribution is -0.180. The van der Waals surface area contributed by atoms with Gasteiger partial charge in [-0.15, -0.1) is 0 Å². The molecule has 1 atom stereocenters. The van der Waals surface area contributed by atoms with Crippen molar-refractivity contribution in [3.05, 3.63) is 48.6 Å². The van der Waals surface area contributed by atoms with Crippen LogP contribution in [0, 0.1) is 0 Å². The minimum absolute atomic E-state index is 0.105. The Morgan fingerprint density at radius 2 is 1.04 bits per heavy atom. The van der Waals surface area contributed by atoms with Gasteiger partial charge in [-0.05, 0) is 84.1 Å². The summed E-state index contributed by atoms with van der Waals surface area (Å²) < 4.78 is 13.2. The van der Waals surface area contributed by atoms with E-state index in [2.05, 4.69) is 79.4 Å². The van der Waals surface area contributed by atoms with Crippen LogP contribution >= 0.6 is 0 Å². The number of ether oxygens (including phenoxy) is 2. The Morgan fingerprint density at radius 3 is 1.48 bits per heavy atom. The van der Waals surface area contributed by atoms with Gasteiger partial charge in [0.25, 0.3) is 0 Å². The number of rotatable bonds is 35. The van der Waals surface area contributed by atoms with Crippen LogP contribution in [0.5, 0.6) is 0 Å². The molecule has 1 fully saturated rings. The van der Waals surface area contributed by atoms with Crippen molar-refractivity contribution in [3.8, 4) is 0 Å². The molecule has 1 unspecified atom stereocenters. The third kappa shape index (κ3) is 28.8. The maximum Gasteiger partial charge on any atom is 0.185 e. The van der Waals surface area contributed by atoms with Crippen molar-refractivity contribution in [2.75, 3.05) is 33.3 Å². The fourth-order valence-electron chi connectivity index (χ4n) is 6.65. The smallest absolute Gasteiger partial charge is 0.185 e. The Morgan fingerprint density at radius 1 is 0.620 bits per heavy atom. The van der Waals surface area contributed by atoms with Crippen molar-refractivity contribution in [3.63, 3.8) is 0 Å². The molecule has 1 saturated heterocycles. The van der Waals surface area contributed by atoms with Crippen LogP contribution in [0.1, 0.15) is 181 Å². The van der Waals surface area contributed by atoms with Crippen molar-refractivity contribution < 1.29 is 9.47 Å². The van der Waals surface area contributed by atoms with Crippen LogP contribution < -0.4 is 11.5 Å². The third-order valence-corrected chi connectivity index (χ3v) is 9.72. The number of hydrogen-bond acceptors (Lipinski definition) is 4. The Hall–Kier alpha value is -1.89. The summed E-state index contributed by atoms with van der Waals surface area (Å²) in [6.45, 7) is 7.46. The van der Waals surface area contributed by atoms with Crippen LogP contribution in [0.4, 0.5) is 0 Å². The molecule has 0 aromatic rings. The molecule has 290 valence electrons. The number of guanidine groups is 1. The van der Waals surface area contributed by atoms with E-state index in [1.54, 1.807) is 0 Å². The Bertz CT molecular complexity index is 844. The molecule has 1 heterocycles. The lowest BCUT2D eigenvalue weighted by Crippen LogP contribution is -2.36. The minimum atomic E-state index is -0.407. The molecule has 6 nitrogen and oxygen atoms in total. The topological polar surface area (TPSA) is 86.1 Å². The van der Waals surface area contributed by atoms with Gasteiger partial charge in [-0.2, -0.15) is 0 Å². The molecule has 0 radical (unpaired) electrons. The summed E-state index contributed by atoms with van der Waals surface area (Å²) in [5, 5.41) is 0. The van der Waals surface area contributed by atoms with Crippen molar-refractivity contribution in [2.45, 2.75) is 193 Å². The second-order valence-electron chi connectivity index (χ2n) is 14.7. The van der Waals surface area contributed by atoms with Crippen LogP contribution in [-0.2, 0) is 9.47 Å². The Labute approximate surface area is 310 Å². The largest absolute Gasteiger partial charge is 0.370 e. The van der Waals surface area contributed by atoms with Crippen LogP contribution in [0.25, 0.3) is 0 Å². The summed E-state index contributed by atoms with van der Waals surface area (Å²) in [4.78, 5) is 6.38. The summed E-state index contributed by atoms with van der Waals surface area (Å²) in [5.74, 6) is -0.255. The summed E-state index contributed by atoms with van der Waals surface area (Å²) in [6, 6.07) is 0. The van der Waals surface area contributed by atoms with Gasteiger partial charge >= 0.3 is 0 Å². The zero-order chi connectivity index (χ0) is 36.2. The monoisotopic (exact) mass is 699 g/mol. The minimum Gasteiger partial charge on any atom is -0.370 e. The zero-order valence-corrected chi connectivity index (χ0v) is 33.3. The highest BCUT2D eigenvalue weighted by Crippen LogP contribution is 2.35.